The minimum Gasteiger partial charge on any atom is -0.414 e. The van der Waals surface area contributed by atoms with E-state index in [1.165, 1.54) is 21.5 Å². The lowest BCUT2D eigenvalue weighted by molar-refractivity contribution is -0.0567. The van der Waals surface area contributed by atoms with E-state index >= 15 is 0 Å². The van der Waals surface area contributed by atoms with Crippen LogP contribution in [0.5, 0.6) is 0 Å². The fourth-order valence-electron chi connectivity index (χ4n) is 7.46. The van der Waals surface area contributed by atoms with Crippen molar-refractivity contribution in [2.24, 2.45) is 5.73 Å². The van der Waals surface area contributed by atoms with Gasteiger partial charge in [0.1, 0.15) is 24.5 Å². The molecule has 0 bridgehead atoms. The smallest absolute Gasteiger partial charge is 0.333 e. The number of ether oxygens (including phenoxy) is 2. The summed E-state index contributed by atoms with van der Waals surface area (Å²) in [5, 5.41) is 20.0. The highest BCUT2D eigenvalue weighted by Gasteiger charge is 2.67. The second-order valence-electron chi connectivity index (χ2n) is 19.8. The predicted octanol–water partition coefficient (Wildman–Crippen LogP) is 3.06. The van der Waals surface area contributed by atoms with Crippen LogP contribution in [0.1, 0.15) is 97.2 Å². The molecule has 0 aliphatic carbocycles. The van der Waals surface area contributed by atoms with Gasteiger partial charge in [0.05, 0.1) is 30.4 Å². The molecule has 18 nitrogen and oxygen atoms in total. The molecule has 61 heavy (non-hydrogen) atoms. The van der Waals surface area contributed by atoms with Gasteiger partial charge in [-0.2, -0.15) is 8.42 Å². The Morgan fingerprint density at radius 1 is 0.836 bits per heavy atom. The number of aryl methyl sites for hydroxylation is 2. The summed E-state index contributed by atoms with van der Waals surface area (Å²) in [6.07, 6.45) is -1.40. The van der Waals surface area contributed by atoms with Crippen LogP contribution in [0.15, 0.2) is 42.7 Å². The number of unbranched alkanes of at least 4 members (excludes halogenated alkanes) is 3. The van der Waals surface area contributed by atoms with Crippen molar-refractivity contribution < 1.29 is 41.1 Å². The van der Waals surface area contributed by atoms with Crippen molar-refractivity contribution in [2.75, 3.05) is 13.2 Å². The third-order valence-corrected chi connectivity index (χ3v) is 23.3. The van der Waals surface area contributed by atoms with E-state index in [9.17, 15) is 37.8 Å². The second-order valence-corrected chi connectivity index (χ2v) is 30.7. The third kappa shape index (κ3) is 9.60. The standard InChI is InChI=1S/C40H67N5O13SSi2/c1-25-20-44(31-19-27(47)28(22-46)55-31)36(50)42(33(25)48)17-15-13-14-16-18-43-34(49)26(2)21-45(37(43)51)35-32(57-61(11,12)39(6,7)8)40(29(41)24-59(52,53)58-40)30(56-35)23-54-60(9,10)38(3,4)5/h20-21,24,27-28,30-32,35,46-47H,13-19,22-23,41H2,1-12H3/t27-,28+,30+,31+,32-,35+,40?/m0/s1. The van der Waals surface area contributed by atoms with Crippen LogP contribution in [0.3, 0.4) is 0 Å². The topological polar surface area (TPSA) is 235 Å². The molecular weight excluding hydrogens is 847 g/mol. The molecule has 0 amide bonds. The number of aliphatic hydroxyl groups is 2. The van der Waals surface area contributed by atoms with Crippen molar-refractivity contribution in [2.45, 2.75) is 179 Å². The maximum Gasteiger partial charge on any atom is 0.333 e. The van der Waals surface area contributed by atoms with Gasteiger partial charge < -0.3 is 34.3 Å². The molecule has 5 rings (SSSR count). The van der Waals surface area contributed by atoms with Crippen LogP contribution in [0.2, 0.25) is 36.3 Å². The number of aliphatic hydroxyl groups excluding tert-OH is 2. The van der Waals surface area contributed by atoms with Gasteiger partial charge >= 0.3 is 11.4 Å². The zero-order valence-electron chi connectivity index (χ0n) is 37.7. The van der Waals surface area contributed by atoms with Gasteiger partial charge in [-0.05, 0) is 63.0 Å². The zero-order valence-corrected chi connectivity index (χ0v) is 40.5. The van der Waals surface area contributed by atoms with E-state index in [4.69, 9.17) is 28.2 Å². The van der Waals surface area contributed by atoms with E-state index in [1.54, 1.807) is 13.8 Å². The molecule has 7 atom stereocenters. The van der Waals surface area contributed by atoms with E-state index in [0.29, 0.717) is 31.2 Å². The van der Waals surface area contributed by atoms with Gasteiger partial charge in [0.2, 0.25) is 0 Å². The summed E-state index contributed by atoms with van der Waals surface area (Å²) in [4.78, 5) is 54.4. The minimum absolute atomic E-state index is 0.0420. The highest BCUT2D eigenvalue weighted by molar-refractivity contribution is 7.90. The Hall–Kier alpha value is -3.00. The summed E-state index contributed by atoms with van der Waals surface area (Å²) in [6.45, 7) is 23.2. The van der Waals surface area contributed by atoms with Gasteiger partial charge in [-0.1, -0.05) is 54.4 Å². The fourth-order valence-corrected chi connectivity index (χ4v) is 11.0. The number of nitrogens with two attached hydrogens (primary N) is 1. The van der Waals surface area contributed by atoms with Crippen molar-refractivity contribution in [1.82, 2.24) is 18.3 Å². The van der Waals surface area contributed by atoms with E-state index in [1.807, 2.05) is 33.9 Å². The fraction of sp³-hybridized carbons (Fsp3) is 0.750. The summed E-state index contributed by atoms with van der Waals surface area (Å²) < 4.78 is 63.1. The molecule has 3 aliphatic heterocycles. The summed E-state index contributed by atoms with van der Waals surface area (Å²) in [7, 11) is -9.54. The highest BCUT2D eigenvalue weighted by Crippen LogP contribution is 2.52. The molecule has 2 saturated heterocycles. The molecule has 4 N–H and O–H groups in total. The van der Waals surface area contributed by atoms with Crippen LogP contribution in [-0.4, -0.2) is 96.8 Å². The molecule has 1 unspecified atom stereocenters. The molecule has 2 aromatic heterocycles. The van der Waals surface area contributed by atoms with Gasteiger partial charge in [0.15, 0.2) is 28.5 Å². The summed E-state index contributed by atoms with van der Waals surface area (Å²) >= 11 is 0. The molecule has 0 aromatic carbocycles. The Morgan fingerprint density at radius 3 is 1.80 bits per heavy atom. The van der Waals surface area contributed by atoms with Crippen LogP contribution in [0.4, 0.5) is 0 Å². The van der Waals surface area contributed by atoms with Gasteiger partial charge in [0.25, 0.3) is 21.2 Å². The normalized spacial score (nSPS) is 27.0. The third-order valence-electron chi connectivity index (χ3n) is 13.3. The molecule has 2 aromatic rings. The molecule has 344 valence electrons. The Bertz CT molecular complexity index is 2340. The quantitative estimate of drug-likeness (QED) is 0.132. The number of hydrogen-bond acceptors (Lipinski definition) is 14. The van der Waals surface area contributed by atoms with Gasteiger partial charge in [-0.15, -0.1) is 0 Å². The first-order valence-corrected chi connectivity index (χ1v) is 28.3. The molecule has 2 fully saturated rings. The maximum absolute atomic E-state index is 14.5. The average molecular weight is 914 g/mol. The molecule has 1 spiro atoms. The second kappa shape index (κ2) is 17.5. The highest BCUT2D eigenvalue weighted by atomic mass is 32.2. The van der Waals surface area contributed by atoms with Crippen molar-refractivity contribution in [3.63, 3.8) is 0 Å². The molecule has 3 aliphatic rings. The van der Waals surface area contributed by atoms with E-state index in [2.05, 4.69) is 33.9 Å². The SMILES string of the molecule is Cc1cn([C@@H]2O[C@H](CO[Si](C)(C)C(C)(C)C)C3(OS(=O)(=O)C=C3N)[C@H]2O[Si](C)(C)C(C)(C)C)c(=O)n(CCCCCCn2c(=O)c(C)cn([C@H]3C[C@H](O)[C@@H](CO)O3)c2=O)c1=O. The minimum atomic E-state index is -4.30. The molecule has 0 radical (unpaired) electrons. The lowest BCUT2D eigenvalue weighted by Crippen LogP contribution is -2.59. The first-order valence-electron chi connectivity index (χ1n) is 21.0. The summed E-state index contributed by atoms with van der Waals surface area (Å²) in [5.41, 5.74) is 2.96. The summed E-state index contributed by atoms with van der Waals surface area (Å²) in [5.74, 6) is 0. The molecular formula is C40H67N5O13SSi2. The van der Waals surface area contributed by atoms with Crippen LogP contribution in [-0.2, 0) is 45.7 Å². The Kier molecular flexibility index (Phi) is 14.1. The predicted molar refractivity (Wildman–Crippen MR) is 234 cm³/mol. The van der Waals surface area contributed by atoms with Crippen molar-refractivity contribution in [3.05, 3.63) is 76.3 Å². The zero-order chi connectivity index (χ0) is 45.8. The molecule has 0 saturated carbocycles. The van der Waals surface area contributed by atoms with Crippen molar-refractivity contribution >= 4 is 26.8 Å². The number of aromatic nitrogens is 4. The van der Waals surface area contributed by atoms with E-state index < -0.39 is 98.3 Å². The largest absolute Gasteiger partial charge is 0.414 e. The van der Waals surface area contributed by atoms with E-state index in [-0.39, 0.29) is 47.5 Å². The average Bonchev–Trinajstić information content (AvgIpc) is 3.74. The number of rotatable bonds is 15. The summed E-state index contributed by atoms with van der Waals surface area (Å²) in [6, 6.07) is 0. The van der Waals surface area contributed by atoms with Gasteiger partial charge in [-0.3, -0.25) is 27.9 Å². The van der Waals surface area contributed by atoms with Crippen LogP contribution in [0, 0.1) is 13.8 Å². The van der Waals surface area contributed by atoms with Crippen molar-refractivity contribution in [1.29, 1.82) is 0 Å². The first kappa shape index (κ1) is 49.0. The van der Waals surface area contributed by atoms with Crippen molar-refractivity contribution in [3.8, 4) is 0 Å². The lowest BCUT2D eigenvalue weighted by Gasteiger charge is -2.43. The monoisotopic (exact) mass is 913 g/mol. The van der Waals surface area contributed by atoms with Crippen LogP contribution >= 0.6 is 0 Å². The lowest BCUT2D eigenvalue weighted by atomic mass is 9.89. The first-order chi connectivity index (χ1) is 28.0. The Morgan fingerprint density at radius 2 is 1.34 bits per heavy atom. The van der Waals surface area contributed by atoms with Crippen LogP contribution < -0.4 is 28.2 Å². The van der Waals surface area contributed by atoms with E-state index in [0.717, 1.165) is 14.5 Å². The maximum atomic E-state index is 14.5. The molecule has 21 heteroatoms. The van der Waals surface area contributed by atoms with Gasteiger partial charge in [-0.25, -0.2) is 13.8 Å². The number of nitrogens with zero attached hydrogens (tertiary/aromatic N) is 4. The Balaban J connectivity index is 1.41. The van der Waals surface area contributed by atoms with Gasteiger partial charge in [0, 0.05) is 43.0 Å². The number of hydrogen-bond donors (Lipinski definition) is 3. The molecule has 5 heterocycles. The van der Waals surface area contributed by atoms with Crippen LogP contribution in [0.25, 0.3) is 0 Å². The Labute approximate surface area is 359 Å².